The van der Waals surface area contributed by atoms with Crippen molar-refractivity contribution in [1.82, 2.24) is 0 Å². The number of aliphatic hydroxyl groups is 1. The largest absolute Gasteiger partial charge is 0.431 e. The molecule has 0 saturated heterocycles. The molecule has 0 aliphatic carbocycles. The van der Waals surface area contributed by atoms with E-state index in [0.29, 0.717) is 21.7 Å². The van der Waals surface area contributed by atoms with Crippen LogP contribution in [0.25, 0.3) is 0 Å². The predicted octanol–water partition coefficient (Wildman–Crippen LogP) is 4.91. The first-order chi connectivity index (χ1) is 9.87. The number of halogens is 4. The molecule has 1 rings (SSSR count). The second-order valence-corrected chi connectivity index (χ2v) is 6.15. The molecule has 0 fully saturated rings. The van der Waals surface area contributed by atoms with Crippen LogP contribution >= 0.6 is 27.5 Å². The van der Waals surface area contributed by atoms with Gasteiger partial charge in [-0.25, -0.2) is 0 Å². The van der Waals surface area contributed by atoms with Crippen molar-refractivity contribution in [2.75, 3.05) is 18.5 Å². The second-order valence-electron chi connectivity index (χ2n) is 4.86. The van der Waals surface area contributed by atoms with E-state index in [1.807, 2.05) is 13.8 Å². The minimum absolute atomic E-state index is 0.00782. The maximum atomic E-state index is 12.5. The van der Waals surface area contributed by atoms with Crippen LogP contribution in [0.5, 0.6) is 5.75 Å². The molecule has 0 amide bonds. The van der Waals surface area contributed by atoms with Crippen molar-refractivity contribution in [1.29, 1.82) is 0 Å². The van der Waals surface area contributed by atoms with Gasteiger partial charge in [-0.1, -0.05) is 25.4 Å². The molecule has 2 N–H and O–H groups in total. The topological polar surface area (TPSA) is 41.5 Å². The number of hydrogen-bond donors (Lipinski definition) is 2. The summed E-state index contributed by atoms with van der Waals surface area (Å²) >= 11 is 9.11. The van der Waals surface area contributed by atoms with Crippen molar-refractivity contribution < 1.29 is 18.6 Å². The minimum atomic E-state index is -2.93. The first kappa shape index (κ1) is 18.5. The minimum Gasteiger partial charge on any atom is -0.431 e. The van der Waals surface area contributed by atoms with Crippen molar-refractivity contribution in [2.45, 2.75) is 33.3 Å². The Morgan fingerprint density at radius 1 is 1.38 bits per heavy atom. The highest BCUT2D eigenvalue weighted by Crippen LogP contribution is 2.38. The van der Waals surface area contributed by atoms with Gasteiger partial charge in [0.05, 0.1) is 16.8 Å². The molecule has 0 heterocycles. The fourth-order valence-electron chi connectivity index (χ4n) is 1.96. The standard InChI is InChI=1S/C14H19BrClF2NO2/c1-3-14(4-2,8-20)7-19-11-6-9(16)5-10(15)12(11)21-13(17)18/h5-6,13,19-20H,3-4,7-8H2,1-2H3. The average molecular weight is 387 g/mol. The molecular weight excluding hydrogens is 368 g/mol. The van der Waals surface area contributed by atoms with E-state index in [2.05, 4.69) is 26.0 Å². The van der Waals surface area contributed by atoms with Crippen LogP contribution in [-0.4, -0.2) is 24.9 Å². The molecule has 120 valence electrons. The van der Waals surface area contributed by atoms with Gasteiger partial charge >= 0.3 is 6.61 Å². The number of hydrogen-bond acceptors (Lipinski definition) is 3. The predicted molar refractivity (Wildman–Crippen MR) is 84.4 cm³/mol. The highest BCUT2D eigenvalue weighted by atomic mass is 79.9. The maximum Gasteiger partial charge on any atom is 0.387 e. The summed E-state index contributed by atoms with van der Waals surface area (Å²) < 4.78 is 29.9. The summed E-state index contributed by atoms with van der Waals surface area (Å²) in [5.41, 5.74) is 0.0612. The molecule has 0 unspecified atom stereocenters. The van der Waals surface area contributed by atoms with Crippen LogP contribution in [0.15, 0.2) is 16.6 Å². The molecule has 21 heavy (non-hydrogen) atoms. The van der Waals surface area contributed by atoms with Gasteiger partial charge in [-0.05, 0) is 40.9 Å². The summed E-state index contributed by atoms with van der Waals surface area (Å²) in [5, 5.41) is 13.0. The fraction of sp³-hybridized carbons (Fsp3) is 0.571. The van der Waals surface area contributed by atoms with Crippen LogP contribution in [0.1, 0.15) is 26.7 Å². The van der Waals surface area contributed by atoms with Gasteiger partial charge in [0.2, 0.25) is 0 Å². The van der Waals surface area contributed by atoms with E-state index >= 15 is 0 Å². The van der Waals surface area contributed by atoms with Gasteiger partial charge in [-0.3, -0.25) is 0 Å². The molecular formula is C14H19BrClF2NO2. The zero-order valence-corrected chi connectivity index (χ0v) is 14.3. The van der Waals surface area contributed by atoms with E-state index in [-0.39, 0.29) is 17.8 Å². The Labute approximate surface area is 136 Å². The summed E-state index contributed by atoms with van der Waals surface area (Å²) in [5.74, 6) is 0.00782. The molecule has 0 bridgehead atoms. The third-order valence-electron chi connectivity index (χ3n) is 3.70. The molecule has 0 aromatic heterocycles. The van der Waals surface area contributed by atoms with Crippen LogP contribution < -0.4 is 10.1 Å². The monoisotopic (exact) mass is 385 g/mol. The van der Waals surface area contributed by atoms with Crippen LogP contribution in [0, 0.1) is 5.41 Å². The Hall–Kier alpha value is -0.590. The highest BCUT2D eigenvalue weighted by Gasteiger charge is 2.26. The van der Waals surface area contributed by atoms with Gasteiger partial charge in [0.15, 0.2) is 5.75 Å². The van der Waals surface area contributed by atoms with E-state index < -0.39 is 6.61 Å². The number of ether oxygens (including phenoxy) is 1. The van der Waals surface area contributed by atoms with Crippen LogP contribution in [0.4, 0.5) is 14.5 Å². The van der Waals surface area contributed by atoms with Gasteiger partial charge in [0.25, 0.3) is 0 Å². The quantitative estimate of drug-likeness (QED) is 0.667. The number of nitrogens with one attached hydrogen (secondary N) is 1. The van der Waals surface area contributed by atoms with E-state index in [0.717, 1.165) is 12.8 Å². The average Bonchev–Trinajstić information content (AvgIpc) is 2.44. The Kier molecular flexibility index (Phi) is 7.16. The molecule has 0 saturated carbocycles. The van der Waals surface area contributed by atoms with Gasteiger partial charge in [0.1, 0.15) is 0 Å². The van der Waals surface area contributed by atoms with Gasteiger partial charge < -0.3 is 15.2 Å². The zero-order valence-electron chi connectivity index (χ0n) is 11.9. The molecule has 0 radical (unpaired) electrons. The number of alkyl halides is 2. The SMILES string of the molecule is CCC(CC)(CO)CNc1cc(Cl)cc(Br)c1OC(F)F. The van der Waals surface area contributed by atoms with Crippen molar-refractivity contribution in [3.63, 3.8) is 0 Å². The fourth-order valence-corrected chi connectivity index (χ4v) is 2.87. The van der Waals surface area contributed by atoms with Crippen molar-refractivity contribution in [3.05, 3.63) is 21.6 Å². The summed E-state index contributed by atoms with van der Waals surface area (Å²) in [7, 11) is 0. The van der Waals surface area contributed by atoms with Gasteiger partial charge in [-0.2, -0.15) is 8.78 Å². The van der Waals surface area contributed by atoms with Crippen LogP contribution in [0.2, 0.25) is 5.02 Å². The smallest absolute Gasteiger partial charge is 0.387 e. The third kappa shape index (κ3) is 4.97. The highest BCUT2D eigenvalue weighted by molar-refractivity contribution is 9.10. The molecule has 3 nitrogen and oxygen atoms in total. The Bertz CT molecular complexity index is 462. The third-order valence-corrected chi connectivity index (χ3v) is 4.51. The van der Waals surface area contributed by atoms with E-state index in [1.165, 1.54) is 12.1 Å². The molecule has 0 aliphatic heterocycles. The van der Waals surface area contributed by atoms with Crippen LogP contribution in [0.3, 0.4) is 0 Å². The zero-order chi connectivity index (χ0) is 16.0. The first-order valence-electron chi connectivity index (χ1n) is 6.66. The Balaban J connectivity index is 3.01. The van der Waals surface area contributed by atoms with Crippen molar-refractivity contribution in [2.24, 2.45) is 5.41 Å². The summed E-state index contributed by atoms with van der Waals surface area (Å²) in [4.78, 5) is 0. The Morgan fingerprint density at radius 2 is 2.00 bits per heavy atom. The number of anilines is 1. The molecule has 1 aromatic carbocycles. The summed E-state index contributed by atoms with van der Waals surface area (Å²) in [6.45, 7) is 1.48. The van der Waals surface area contributed by atoms with E-state index in [1.54, 1.807) is 0 Å². The van der Waals surface area contributed by atoms with Gasteiger partial charge in [-0.15, -0.1) is 0 Å². The van der Waals surface area contributed by atoms with Crippen molar-refractivity contribution >= 4 is 33.2 Å². The molecule has 0 atom stereocenters. The lowest BCUT2D eigenvalue weighted by Crippen LogP contribution is -2.32. The first-order valence-corrected chi connectivity index (χ1v) is 7.83. The molecule has 1 aromatic rings. The summed E-state index contributed by atoms with van der Waals surface area (Å²) in [6, 6.07) is 3.01. The molecule has 0 spiro atoms. The summed E-state index contributed by atoms with van der Waals surface area (Å²) in [6.07, 6.45) is 1.53. The number of aliphatic hydroxyl groups excluding tert-OH is 1. The van der Waals surface area contributed by atoms with E-state index in [9.17, 15) is 13.9 Å². The molecule has 7 heteroatoms. The lowest BCUT2D eigenvalue weighted by Gasteiger charge is -2.30. The van der Waals surface area contributed by atoms with E-state index in [4.69, 9.17) is 11.6 Å². The normalized spacial score (nSPS) is 11.8. The number of benzene rings is 1. The van der Waals surface area contributed by atoms with Crippen LogP contribution in [-0.2, 0) is 0 Å². The lowest BCUT2D eigenvalue weighted by molar-refractivity contribution is -0.0499. The molecule has 0 aliphatic rings. The van der Waals surface area contributed by atoms with Gasteiger partial charge in [0, 0.05) is 17.0 Å². The second kappa shape index (κ2) is 8.15. The van der Waals surface area contributed by atoms with Crippen molar-refractivity contribution in [3.8, 4) is 5.75 Å². The Morgan fingerprint density at radius 3 is 2.48 bits per heavy atom. The lowest BCUT2D eigenvalue weighted by atomic mass is 9.83. The maximum absolute atomic E-state index is 12.5. The number of rotatable bonds is 8.